The largest absolute Gasteiger partial charge is 0.397 e. The maximum Gasteiger partial charge on any atom is 0.0590 e. The fraction of sp³-hybridized carbons (Fsp3) is 0.286. The van der Waals surface area contributed by atoms with Crippen LogP contribution in [0, 0.1) is 0 Å². The standard InChI is InChI=1S/C14H15BrN2S/c15-9-4-5-11(16)13(8-9)17-12-2-1-3-14-10(12)6-7-18-14/h4-8,12,17H,1-3,16H2. The zero-order valence-electron chi connectivity index (χ0n) is 9.95. The molecule has 0 fully saturated rings. The Hall–Kier alpha value is -1.00. The van der Waals surface area contributed by atoms with Crippen LogP contribution in [0.4, 0.5) is 11.4 Å². The molecule has 1 heterocycles. The highest BCUT2D eigenvalue weighted by molar-refractivity contribution is 9.10. The minimum Gasteiger partial charge on any atom is -0.397 e. The average Bonchev–Trinajstić information content (AvgIpc) is 2.83. The molecule has 0 saturated carbocycles. The van der Waals surface area contributed by atoms with Crippen LogP contribution in [0.1, 0.15) is 29.3 Å². The smallest absolute Gasteiger partial charge is 0.0590 e. The molecule has 0 amide bonds. The summed E-state index contributed by atoms with van der Waals surface area (Å²) in [6.45, 7) is 0. The summed E-state index contributed by atoms with van der Waals surface area (Å²) in [5.74, 6) is 0. The van der Waals surface area contributed by atoms with Gasteiger partial charge in [-0.3, -0.25) is 0 Å². The van der Waals surface area contributed by atoms with Gasteiger partial charge in [-0.1, -0.05) is 15.9 Å². The van der Waals surface area contributed by atoms with Crippen LogP contribution in [0.3, 0.4) is 0 Å². The van der Waals surface area contributed by atoms with Crippen LogP contribution >= 0.6 is 27.3 Å². The summed E-state index contributed by atoms with van der Waals surface area (Å²) in [5, 5.41) is 5.77. The lowest BCUT2D eigenvalue weighted by Crippen LogP contribution is -2.16. The zero-order valence-corrected chi connectivity index (χ0v) is 12.4. The number of anilines is 2. The van der Waals surface area contributed by atoms with E-state index in [0.717, 1.165) is 15.8 Å². The Morgan fingerprint density at radius 2 is 2.22 bits per heavy atom. The summed E-state index contributed by atoms with van der Waals surface area (Å²) >= 11 is 5.36. The molecule has 3 N–H and O–H groups in total. The first-order valence-electron chi connectivity index (χ1n) is 6.12. The van der Waals surface area contributed by atoms with E-state index < -0.39 is 0 Å². The van der Waals surface area contributed by atoms with E-state index in [-0.39, 0.29) is 0 Å². The lowest BCUT2D eigenvalue weighted by atomic mass is 9.94. The minimum atomic E-state index is 0.400. The van der Waals surface area contributed by atoms with E-state index in [2.05, 4.69) is 38.8 Å². The van der Waals surface area contributed by atoms with Crippen molar-refractivity contribution in [3.8, 4) is 0 Å². The molecule has 3 rings (SSSR count). The van der Waals surface area contributed by atoms with Crippen molar-refractivity contribution < 1.29 is 0 Å². The number of halogens is 1. The maximum absolute atomic E-state index is 6.02. The van der Waals surface area contributed by atoms with Crippen molar-refractivity contribution >= 4 is 38.6 Å². The molecule has 1 aromatic carbocycles. The molecule has 0 aliphatic heterocycles. The molecule has 1 aromatic heterocycles. The number of rotatable bonds is 2. The Morgan fingerprint density at radius 3 is 3.11 bits per heavy atom. The summed E-state index contributed by atoms with van der Waals surface area (Å²) < 4.78 is 1.06. The van der Waals surface area contributed by atoms with Gasteiger partial charge in [0, 0.05) is 9.35 Å². The highest BCUT2D eigenvalue weighted by atomic mass is 79.9. The third kappa shape index (κ3) is 2.27. The number of hydrogen-bond acceptors (Lipinski definition) is 3. The molecule has 94 valence electrons. The van der Waals surface area contributed by atoms with E-state index in [1.807, 2.05) is 23.5 Å². The van der Waals surface area contributed by atoms with Crippen molar-refractivity contribution in [1.29, 1.82) is 0 Å². The molecule has 1 unspecified atom stereocenters. The Bertz CT molecular complexity index is 565. The fourth-order valence-corrected chi connectivity index (χ4v) is 3.83. The quantitative estimate of drug-likeness (QED) is 0.794. The second-order valence-corrected chi connectivity index (χ2v) is 6.54. The van der Waals surface area contributed by atoms with Gasteiger partial charge in [0.1, 0.15) is 0 Å². The maximum atomic E-state index is 6.02. The molecule has 4 heteroatoms. The first-order valence-corrected chi connectivity index (χ1v) is 7.79. The Labute approximate surface area is 119 Å². The Morgan fingerprint density at radius 1 is 1.33 bits per heavy atom. The molecule has 1 aliphatic rings. The van der Waals surface area contributed by atoms with Crippen molar-refractivity contribution in [3.63, 3.8) is 0 Å². The number of nitrogens with two attached hydrogens (primary N) is 1. The number of hydrogen-bond donors (Lipinski definition) is 2. The number of nitrogens with one attached hydrogen (secondary N) is 1. The lowest BCUT2D eigenvalue weighted by Gasteiger charge is -2.25. The molecular weight excluding hydrogens is 308 g/mol. The Kier molecular flexibility index (Phi) is 3.31. The number of fused-ring (bicyclic) bond motifs is 1. The highest BCUT2D eigenvalue weighted by Crippen LogP contribution is 2.37. The molecule has 2 nitrogen and oxygen atoms in total. The predicted molar refractivity (Wildman–Crippen MR) is 82.2 cm³/mol. The second-order valence-electron chi connectivity index (χ2n) is 4.62. The summed E-state index contributed by atoms with van der Waals surface area (Å²) in [7, 11) is 0. The van der Waals surface area contributed by atoms with Gasteiger partial charge < -0.3 is 11.1 Å². The molecule has 2 aromatic rings. The van der Waals surface area contributed by atoms with E-state index >= 15 is 0 Å². The average molecular weight is 323 g/mol. The van der Waals surface area contributed by atoms with E-state index in [1.165, 1.54) is 29.7 Å². The van der Waals surface area contributed by atoms with Crippen LogP contribution in [0.25, 0.3) is 0 Å². The second kappa shape index (κ2) is 4.94. The van der Waals surface area contributed by atoms with Crippen LogP contribution in [-0.2, 0) is 6.42 Å². The molecule has 0 bridgehead atoms. The number of nitrogen functional groups attached to an aromatic ring is 1. The van der Waals surface area contributed by atoms with E-state index in [0.29, 0.717) is 6.04 Å². The van der Waals surface area contributed by atoms with Crippen molar-refractivity contribution in [1.82, 2.24) is 0 Å². The predicted octanol–water partition coefficient (Wildman–Crippen LogP) is 4.58. The Balaban J connectivity index is 1.88. The van der Waals surface area contributed by atoms with Crippen LogP contribution < -0.4 is 11.1 Å². The van der Waals surface area contributed by atoms with Gasteiger partial charge in [-0.25, -0.2) is 0 Å². The molecule has 18 heavy (non-hydrogen) atoms. The monoisotopic (exact) mass is 322 g/mol. The number of thiophene rings is 1. The van der Waals surface area contributed by atoms with Crippen LogP contribution in [0.2, 0.25) is 0 Å². The summed E-state index contributed by atoms with van der Waals surface area (Å²) in [4.78, 5) is 1.52. The minimum absolute atomic E-state index is 0.400. The fourth-order valence-electron chi connectivity index (χ4n) is 2.48. The topological polar surface area (TPSA) is 38.0 Å². The van der Waals surface area contributed by atoms with Gasteiger partial charge in [0.2, 0.25) is 0 Å². The van der Waals surface area contributed by atoms with Crippen LogP contribution in [0.5, 0.6) is 0 Å². The van der Waals surface area contributed by atoms with Crippen molar-refractivity contribution in [2.45, 2.75) is 25.3 Å². The lowest BCUT2D eigenvalue weighted by molar-refractivity contribution is 0.609. The molecule has 0 radical (unpaired) electrons. The molecule has 1 aliphatic carbocycles. The van der Waals surface area contributed by atoms with Gasteiger partial charge >= 0.3 is 0 Å². The summed E-state index contributed by atoms with van der Waals surface area (Å²) in [5.41, 5.74) is 9.30. The van der Waals surface area contributed by atoms with Crippen LogP contribution in [-0.4, -0.2) is 0 Å². The van der Waals surface area contributed by atoms with Gasteiger partial charge in [-0.2, -0.15) is 0 Å². The van der Waals surface area contributed by atoms with E-state index in [4.69, 9.17) is 5.73 Å². The van der Waals surface area contributed by atoms with Crippen LogP contribution in [0.15, 0.2) is 34.1 Å². The summed E-state index contributed by atoms with van der Waals surface area (Å²) in [6, 6.07) is 8.60. The van der Waals surface area contributed by atoms with Gasteiger partial charge in [0.05, 0.1) is 17.4 Å². The van der Waals surface area contributed by atoms with Crippen molar-refractivity contribution in [2.24, 2.45) is 0 Å². The number of aryl methyl sites for hydroxylation is 1. The number of benzene rings is 1. The molecule has 1 atom stereocenters. The molecule has 0 saturated heterocycles. The zero-order chi connectivity index (χ0) is 12.5. The van der Waals surface area contributed by atoms with E-state index in [1.54, 1.807) is 0 Å². The first kappa shape index (κ1) is 12.1. The molecular formula is C14H15BrN2S. The molecule has 0 spiro atoms. The van der Waals surface area contributed by atoms with Gasteiger partial charge in [0.15, 0.2) is 0 Å². The third-order valence-electron chi connectivity index (χ3n) is 3.40. The third-order valence-corrected chi connectivity index (χ3v) is 4.89. The summed E-state index contributed by atoms with van der Waals surface area (Å²) in [6.07, 6.45) is 3.65. The van der Waals surface area contributed by atoms with Crippen molar-refractivity contribution in [3.05, 3.63) is 44.6 Å². The van der Waals surface area contributed by atoms with E-state index in [9.17, 15) is 0 Å². The normalized spacial score (nSPS) is 18.4. The van der Waals surface area contributed by atoms with Gasteiger partial charge in [-0.15, -0.1) is 11.3 Å². The SMILES string of the molecule is Nc1ccc(Br)cc1NC1CCCc2sccc21. The van der Waals surface area contributed by atoms with Crippen molar-refractivity contribution in [2.75, 3.05) is 11.1 Å². The van der Waals surface area contributed by atoms with Gasteiger partial charge in [0.25, 0.3) is 0 Å². The first-order chi connectivity index (χ1) is 8.74. The van der Waals surface area contributed by atoms with Gasteiger partial charge in [-0.05, 0) is 54.5 Å². The highest BCUT2D eigenvalue weighted by Gasteiger charge is 2.21.